The summed E-state index contributed by atoms with van der Waals surface area (Å²) in [4.78, 5) is 13.8. The maximum absolute atomic E-state index is 12.2. The van der Waals surface area contributed by atoms with Gasteiger partial charge in [0.2, 0.25) is 0 Å². The van der Waals surface area contributed by atoms with Crippen LogP contribution in [0.25, 0.3) is 16.7 Å². The number of carbonyl (C=O) groups is 1. The van der Waals surface area contributed by atoms with Gasteiger partial charge in [-0.05, 0) is 49.2 Å². The molecule has 1 heterocycles. The van der Waals surface area contributed by atoms with Gasteiger partial charge >= 0.3 is 5.97 Å². The van der Waals surface area contributed by atoms with E-state index in [9.17, 15) is 9.90 Å². The van der Waals surface area contributed by atoms with E-state index in [-0.39, 0.29) is 6.61 Å². The van der Waals surface area contributed by atoms with Crippen molar-refractivity contribution in [3.63, 3.8) is 0 Å². The van der Waals surface area contributed by atoms with Gasteiger partial charge in [0.25, 0.3) is 0 Å². The van der Waals surface area contributed by atoms with Gasteiger partial charge in [-0.2, -0.15) is 0 Å². The van der Waals surface area contributed by atoms with Crippen molar-refractivity contribution in [1.82, 2.24) is 15.0 Å². The fourth-order valence-electron chi connectivity index (χ4n) is 3.10. The van der Waals surface area contributed by atoms with E-state index < -0.39 is 17.5 Å². The molecule has 0 radical (unpaired) electrons. The molecule has 0 aliphatic carbocycles. The first-order valence-electron chi connectivity index (χ1n) is 9.81. The van der Waals surface area contributed by atoms with Crippen LogP contribution in [0.2, 0.25) is 5.02 Å². The van der Waals surface area contributed by atoms with Gasteiger partial charge in [-0.15, -0.1) is 15.0 Å². The zero-order chi connectivity index (χ0) is 22.1. The molecule has 30 heavy (non-hydrogen) atoms. The van der Waals surface area contributed by atoms with E-state index in [1.165, 1.54) is 4.80 Å². The van der Waals surface area contributed by atoms with Crippen LogP contribution < -0.4 is 0 Å². The van der Waals surface area contributed by atoms with Crippen molar-refractivity contribution < 1.29 is 14.6 Å². The molecule has 0 aliphatic rings. The summed E-state index contributed by atoms with van der Waals surface area (Å²) < 4.78 is 5.71. The molecule has 1 aromatic heterocycles. The van der Waals surface area contributed by atoms with E-state index in [0.717, 1.165) is 11.1 Å². The second-order valence-electron chi connectivity index (χ2n) is 8.02. The first kappa shape index (κ1) is 22.0. The summed E-state index contributed by atoms with van der Waals surface area (Å²) >= 11 is 6.09. The minimum absolute atomic E-state index is 0.0173. The van der Waals surface area contributed by atoms with E-state index in [1.807, 2.05) is 45.0 Å². The molecule has 0 bridgehead atoms. The molecule has 6 nitrogen and oxygen atoms in total. The highest BCUT2D eigenvalue weighted by atomic mass is 35.5. The van der Waals surface area contributed by atoms with Crippen molar-refractivity contribution in [3.8, 4) is 5.69 Å². The fraction of sp³-hybridized carbons (Fsp3) is 0.348. The summed E-state index contributed by atoms with van der Waals surface area (Å²) in [6.45, 7) is 11.1. The minimum atomic E-state index is -0.517. The molecule has 0 aliphatic heterocycles. The molecule has 0 saturated heterocycles. The summed E-state index contributed by atoms with van der Waals surface area (Å²) in [5.74, 6) is -0.454. The topological polar surface area (TPSA) is 77.2 Å². The van der Waals surface area contributed by atoms with Gasteiger partial charge in [-0.3, -0.25) is 0 Å². The zero-order valence-corrected chi connectivity index (χ0v) is 18.4. The van der Waals surface area contributed by atoms with Crippen molar-refractivity contribution in [2.24, 2.45) is 0 Å². The molecule has 0 saturated carbocycles. The maximum atomic E-state index is 12.2. The molecular formula is C23H26ClN3O3. The molecule has 1 unspecified atom stereocenters. The van der Waals surface area contributed by atoms with Crippen LogP contribution in [0, 0.1) is 0 Å². The number of aliphatic hydroxyl groups is 1. The van der Waals surface area contributed by atoms with Crippen molar-refractivity contribution in [1.29, 1.82) is 0 Å². The number of aliphatic hydroxyl groups excluding tert-OH is 1. The summed E-state index contributed by atoms with van der Waals surface area (Å²) in [6.07, 6.45) is 0.0399. The zero-order valence-electron chi connectivity index (χ0n) is 17.6. The standard InChI is InChI=1S/C23H26ClN3O3/c1-6-21(30-22(29)14(2)3)17-11-15(23(4,5)13-28)7-10-20(17)27-25-18-9-8-16(24)12-19(18)26-27/h7-12,21,28H,2,6,13H2,1,3-5H3. The number of ether oxygens (including phenoxy) is 1. The average molecular weight is 428 g/mol. The lowest BCUT2D eigenvalue weighted by molar-refractivity contribution is -0.144. The van der Waals surface area contributed by atoms with E-state index in [0.29, 0.717) is 33.7 Å². The number of hydrogen-bond donors (Lipinski definition) is 1. The lowest BCUT2D eigenvalue weighted by Crippen LogP contribution is -2.23. The molecule has 0 fully saturated rings. The van der Waals surface area contributed by atoms with Gasteiger partial charge in [0, 0.05) is 21.6 Å². The predicted molar refractivity (Wildman–Crippen MR) is 118 cm³/mol. The molecule has 1 N–H and O–H groups in total. The fourth-order valence-corrected chi connectivity index (χ4v) is 3.27. The summed E-state index contributed by atoms with van der Waals surface area (Å²) in [5, 5.41) is 19.5. The van der Waals surface area contributed by atoms with E-state index >= 15 is 0 Å². The molecule has 0 spiro atoms. The number of carbonyl (C=O) groups excluding carboxylic acids is 1. The first-order valence-corrected chi connectivity index (χ1v) is 10.2. The van der Waals surface area contributed by atoms with Crippen LogP contribution >= 0.6 is 11.6 Å². The predicted octanol–water partition coefficient (Wildman–Crippen LogP) is 4.91. The highest BCUT2D eigenvalue weighted by Crippen LogP contribution is 2.33. The Labute approximate surface area is 181 Å². The molecule has 0 amide bonds. The van der Waals surface area contributed by atoms with Gasteiger partial charge in [0.05, 0.1) is 12.3 Å². The number of esters is 1. The number of aromatic nitrogens is 3. The Morgan fingerprint density at radius 3 is 2.57 bits per heavy atom. The van der Waals surface area contributed by atoms with E-state index in [1.54, 1.807) is 19.1 Å². The Kier molecular flexibility index (Phi) is 6.29. The van der Waals surface area contributed by atoms with Crippen LogP contribution in [0.1, 0.15) is 51.3 Å². The Balaban J connectivity index is 2.17. The molecular weight excluding hydrogens is 402 g/mol. The summed E-state index contributed by atoms with van der Waals surface area (Å²) in [6, 6.07) is 11.1. The van der Waals surface area contributed by atoms with Crippen LogP contribution in [0.4, 0.5) is 0 Å². The third-order valence-corrected chi connectivity index (χ3v) is 5.31. The van der Waals surface area contributed by atoms with Gasteiger partial charge < -0.3 is 9.84 Å². The highest BCUT2D eigenvalue weighted by Gasteiger charge is 2.26. The number of nitrogens with zero attached hydrogens (tertiary/aromatic N) is 3. The van der Waals surface area contributed by atoms with Crippen LogP contribution in [0.3, 0.4) is 0 Å². The molecule has 158 valence electrons. The second-order valence-corrected chi connectivity index (χ2v) is 8.46. The van der Waals surface area contributed by atoms with Gasteiger partial charge in [0.1, 0.15) is 17.1 Å². The van der Waals surface area contributed by atoms with Crippen LogP contribution in [0.5, 0.6) is 0 Å². The molecule has 7 heteroatoms. The Hall–Kier alpha value is -2.70. The second kappa shape index (κ2) is 8.58. The minimum Gasteiger partial charge on any atom is -0.454 e. The molecule has 3 rings (SSSR count). The molecule has 3 aromatic rings. The largest absolute Gasteiger partial charge is 0.454 e. The van der Waals surface area contributed by atoms with Gasteiger partial charge in [-0.25, -0.2) is 4.79 Å². The number of hydrogen-bond acceptors (Lipinski definition) is 5. The van der Waals surface area contributed by atoms with Crippen molar-refractivity contribution >= 4 is 28.6 Å². The molecule has 1 atom stereocenters. The number of rotatable bonds is 7. The first-order chi connectivity index (χ1) is 14.2. The lowest BCUT2D eigenvalue weighted by Gasteiger charge is -2.26. The Morgan fingerprint density at radius 2 is 1.93 bits per heavy atom. The average Bonchev–Trinajstić information content (AvgIpc) is 3.14. The Bertz CT molecular complexity index is 1100. The van der Waals surface area contributed by atoms with Crippen LogP contribution in [0.15, 0.2) is 48.6 Å². The van der Waals surface area contributed by atoms with Crippen molar-refractivity contribution in [3.05, 3.63) is 64.7 Å². The molecule has 2 aromatic carbocycles. The monoisotopic (exact) mass is 427 g/mol. The Morgan fingerprint density at radius 1 is 1.23 bits per heavy atom. The summed E-state index contributed by atoms with van der Waals surface area (Å²) in [5.41, 5.74) is 3.63. The number of halogens is 1. The number of benzene rings is 2. The SMILES string of the molecule is C=C(C)C(=O)OC(CC)c1cc(C(C)(C)CO)ccc1-n1nc2ccc(Cl)cc2n1. The lowest BCUT2D eigenvalue weighted by atomic mass is 9.84. The van der Waals surface area contributed by atoms with E-state index in [2.05, 4.69) is 16.8 Å². The highest BCUT2D eigenvalue weighted by molar-refractivity contribution is 6.31. The van der Waals surface area contributed by atoms with E-state index in [4.69, 9.17) is 16.3 Å². The third-order valence-electron chi connectivity index (χ3n) is 5.08. The normalized spacial score (nSPS) is 12.7. The number of fused-ring (bicyclic) bond motifs is 1. The van der Waals surface area contributed by atoms with Gasteiger partial charge in [-0.1, -0.05) is 45.0 Å². The smallest absolute Gasteiger partial charge is 0.333 e. The summed E-state index contributed by atoms with van der Waals surface area (Å²) in [7, 11) is 0. The van der Waals surface area contributed by atoms with Crippen LogP contribution in [-0.4, -0.2) is 32.7 Å². The van der Waals surface area contributed by atoms with Crippen molar-refractivity contribution in [2.45, 2.75) is 45.6 Å². The van der Waals surface area contributed by atoms with Crippen molar-refractivity contribution in [2.75, 3.05) is 6.61 Å². The van der Waals surface area contributed by atoms with Gasteiger partial charge in [0.15, 0.2) is 0 Å². The quantitative estimate of drug-likeness (QED) is 0.428. The van der Waals surface area contributed by atoms with Crippen LogP contribution in [-0.2, 0) is 14.9 Å². The third kappa shape index (κ3) is 4.40. The maximum Gasteiger partial charge on any atom is 0.333 e.